The molecule has 3 aromatic rings. The highest BCUT2D eigenvalue weighted by Crippen LogP contribution is 2.40. The lowest BCUT2D eigenvalue weighted by molar-refractivity contribution is 0.0947. The van der Waals surface area contributed by atoms with Gasteiger partial charge < -0.3 is 29.3 Å². The number of nitrogens with zero attached hydrogens (tertiary/aromatic N) is 1. The fraction of sp³-hybridized carbons (Fsp3) is 0.200. The van der Waals surface area contributed by atoms with Crippen LogP contribution in [0.25, 0.3) is 0 Å². The highest BCUT2D eigenvalue weighted by Gasteiger charge is 2.14. The van der Waals surface area contributed by atoms with Crippen LogP contribution in [0.15, 0.2) is 53.4 Å². The molecule has 0 fully saturated rings. The van der Waals surface area contributed by atoms with Gasteiger partial charge in [0.2, 0.25) is 5.75 Å². The van der Waals surface area contributed by atoms with Gasteiger partial charge in [0.25, 0.3) is 5.91 Å². The summed E-state index contributed by atoms with van der Waals surface area (Å²) < 4.78 is 21.2. The Morgan fingerprint density at radius 1 is 1.04 bits per heavy atom. The van der Waals surface area contributed by atoms with E-state index in [1.165, 1.54) is 6.20 Å². The minimum Gasteiger partial charge on any atom is -0.493 e. The van der Waals surface area contributed by atoms with E-state index >= 15 is 0 Å². The highest BCUT2D eigenvalue weighted by atomic mass is 16.5. The first kappa shape index (κ1) is 19.1. The number of furan rings is 1. The summed E-state index contributed by atoms with van der Waals surface area (Å²) in [6.07, 6.45) is 4.68. The molecule has 28 heavy (non-hydrogen) atoms. The van der Waals surface area contributed by atoms with Gasteiger partial charge in [-0.1, -0.05) is 0 Å². The molecule has 1 amide bonds. The third kappa shape index (κ3) is 4.35. The molecule has 3 rings (SSSR count). The lowest BCUT2D eigenvalue weighted by atomic mass is 10.2. The molecule has 1 aromatic carbocycles. The van der Waals surface area contributed by atoms with E-state index in [1.807, 2.05) is 0 Å². The number of methoxy groups -OCH3 is 3. The van der Waals surface area contributed by atoms with Gasteiger partial charge >= 0.3 is 0 Å². The van der Waals surface area contributed by atoms with Gasteiger partial charge in [-0.15, -0.1) is 0 Å². The van der Waals surface area contributed by atoms with Crippen molar-refractivity contribution in [2.45, 2.75) is 6.54 Å². The molecule has 0 radical (unpaired) electrons. The monoisotopic (exact) mass is 383 g/mol. The summed E-state index contributed by atoms with van der Waals surface area (Å²) in [7, 11) is 4.64. The largest absolute Gasteiger partial charge is 0.493 e. The summed E-state index contributed by atoms with van der Waals surface area (Å²) in [5.74, 6) is 1.96. The molecule has 0 aliphatic carbocycles. The molecular weight excluding hydrogens is 362 g/mol. The zero-order valence-corrected chi connectivity index (χ0v) is 15.8. The van der Waals surface area contributed by atoms with Crippen LogP contribution in [-0.4, -0.2) is 32.2 Å². The van der Waals surface area contributed by atoms with E-state index in [4.69, 9.17) is 18.6 Å². The van der Waals surface area contributed by atoms with E-state index in [0.29, 0.717) is 46.5 Å². The quantitative estimate of drug-likeness (QED) is 0.616. The molecule has 0 spiro atoms. The van der Waals surface area contributed by atoms with Gasteiger partial charge in [-0.3, -0.25) is 9.78 Å². The number of nitrogens with one attached hydrogen (secondary N) is 2. The Balaban J connectivity index is 1.76. The summed E-state index contributed by atoms with van der Waals surface area (Å²) in [5, 5.41) is 5.98. The summed E-state index contributed by atoms with van der Waals surface area (Å²) in [4.78, 5) is 16.5. The van der Waals surface area contributed by atoms with Crippen molar-refractivity contribution in [1.82, 2.24) is 10.3 Å². The maximum absolute atomic E-state index is 12.4. The summed E-state index contributed by atoms with van der Waals surface area (Å²) in [6.45, 7) is 0.302. The smallest absolute Gasteiger partial charge is 0.253 e. The molecule has 0 saturated carbocycles. The van der Waals surface area contributed by atoms with Crippen LogP contribution in [0.3, 0.4) is 0 Å². The van der Waals surface area contributed by atoms with Gasteiger partial charge in [0.1, 0.15) is 5.76 Å². The zero-order chi connectivity index (χ0) is 19.9. The van der Waals surface area contributed by atoms with E-state index in [1.54, 1.807) is 64.1 Å². The maximum Gasteiger partial charge on any atom is 0.253 e. The average Bonchev–Trinajstić information content (AvgIpc) is 3.25. The topological polar surface area (TPSA) is 94.9 Å². The molecule has 2 N–H and O–H groups in total. The number of hydrogen-bond acceptors (Lipinski definition) is 7. The van der Waals surface area contributed by atoms with E-state index in [9.17, 15) is 4.79 Å². The van der Waals surface area contributed by atoms with Gasteiger partial charge in [-0.05, 0) is 18.2 Å². The molecule has 146 valence electrons. The summed E-state index contributed by atoms with van der Waals surface area (Å²) >= 11 is 0. The fourth-order valence-corrected chi connectivity index (χ4v) is 2.64. The molecule has 0 unspecified atom stereocenters. The van der Waals surface area contributed by atoms with Gasteiger partial charge in [-0.25, -0.2) is 0 Å². The number of anilines is 2. The van der Waals surface area contributed by atoms with Crippen molar-refractivity contribution in [2.75, 3.05) is 26.6 Å². The number of carbonyl (C=O) groups is 1. The predicted molar refractivity (Wildman–Crippen MR) is 103 cm³/mol. The van der Waals surface area contributed by atoms with Crippen LogP contribution in [-0.2, 0) is 6.54 Å². The van der Waals surface area contributed by atoms with Crippen molar-refractivity contribution in [2.24, 2.45) is 0 Å². The molecule has 0 bridgehead atoms. The molecule has 0 atom stereocenters. The molecule has 2 heterocycles. The first-order chi connectivity index (χ1) is 13.6. The van der Waals surface area contributed by atoms with E-state index < -0.39 is 0 Å². The number of amides is 1. The second-order valence-corrected chi connectivity index (χ2v) is 5.76. The summed E-state index contributed by atoms with van der Waals surface area (Å²) in [6, 6.07) is 8.80. The van der Waals surface area contributed by atoms with Crippen molar-refractivity contribution in [1.29, 1.82) is 0 Å². The van der Waals surface area contributed by atoms with E-state index in [-0.39, 0.29) is 5.91 Å². The standard InChI is InChI=1S/C20H21N3O5/c1-25-17-8-14(9-18(26-2)19(17)27-3)23-15-7-13(10-21-11-15)20(24)22-12-16-5-4-6-28-16/h4-11,23H,12H2,1-3H3,(H,22,24). The Hall–Kier alpha value is -3.68. The number of aromatic nitrogens is 1. The van der Waals surface area contributed by atoms with Crippen LogP contribution in [0, 0.1) is 0 Å². The lowest BCUT2D eigenvalue weighted by Gasteiger charge is -2.15. The molecule has 0 saturated heterocycles. The zero-order valence-electron chi connectivity index (χ0n) is 15.8. The minimum atomic E-state index is -0.252. The number of rotatable bonds is 8. The van der Waals surface area contributed by atoms with Gasteiger partial charge in [0, 0.05) is 24.0 Å². The Kier molecular flexibility index (Phi) is 6.01. The second-order valence-electron chi connectivity index (χ2n) is 5.76. The van der Waals surface area contributed by atoms with Crippen LogP contribution in [0.2, 0.25) is 0 Å². The Morgan fingerprint density at radius 3 is 2.39 bits per heavy atom. The van der Waals surface area contributed by atoms with E-state index in [2.05, 4.69) is 15.6 Å². The molecule has 0 aliphatic heterocycles. The molecule has 8 nitrogen and oxygen atoms in total. The predicted octanol–water partition coefficient (Wildman–Crippen LogP) is 3.37. The molecule has 0 aliphatic rings. The number of pyridine rings is 1. The number of carbonyl (C=O) groups excluding carboxylic acids is 1. The van der Waals surface area contributed by atoms with Crippen LogP contribution in [0.4, 0.5) is 11.4 Å². The first-order valence-corrected chi connectivity index (χ1v) is 8.47. The lowest BCUT2D eigenvalue weighted by Crippen LogP contribution is -2.22. The van der Waals surface area contributed by atoms with Crippen molar-refractivity contribution in [3.05, 3.63) is 60.3 Å². The van der Waals surface area contributed by atoms with Gasteiger partial charge in [0.05, 0.1) is 51.6 Å². The van der Waals surface area contributed by atoms with Crippen molar-refractivity contribution < 1.29 is 23.4 Å². The van der Waals surface area contributed by atoms with Crippen LogP contribution >= 0.6 is 0 Å². The van der Waals surface area contributed by atoms with Crippen LogP contribution in [0.1, 0.15) is 16.1 Å². The number of benzene rings is 1. The van der Waals surface area contributed by atoms with Gasteiger partial charge in [0.15, 0.2) is 11.5 Å². The average molecular weight is 383 g/mol. The van der Waals surface area contributed by atoms with Crippen molar-refractivity contribution in [3.8, 4) is 17.2 Å². The Labute approximate surface area is 162 Å². The second kappa shape index (κ2) is 8.81. The highest BCUT2D eigenvalue weighted by molar-refractivity contribution is 5.94. The summed E-state index contributed by atoms with van der Waals surface area (Å²) in [5.41, 5.74) is 1.76. The van der Waals surface area contributed by atoms with Crippen LogP contribution < -0.4 is 24.8 Å². The molecule has 8 heteroatoms. The van der Waals surface area contributed by atoms with Crippen molar-refractivity contribution in [3.63, 3.8) is 0 Å². The third-order valence-electron chi connectivity index (χ3n) is 3.96. The molecule has 2 aromatic heterocycles. The first-order valence-electron chi connectivity index (χ1n) is 8.47. The maximum atomic E-state index is 12.4. The van der Waals surface area contributed by atoms with Crippen LogP contribution in [0.5, 0.6) is 17.2 Å². The van der Waals surface area contributed by atoms with Crippen molar-refractivity contribution >= 4 is 17.3 Å². The Morgan fingerprint density at radius 2 is 1.79 bits per heavy atom. The Bertz CT molecular complexity index is 916. The van der Waals surface area contributed by atoms with Gasteiger partial charge in [-0.2, -0.15) is 0 Å². The minimum absolute atomic E-state index is 0.252. The number of ether oxygens (including phenoxy) is 3. The number of hydrogen-bond donors (Lipinski definition) is 2. The van der Waals surface area contributed by atoms with E-state index in [0.717, 1.165) is 0 Å². The molecular formula is C20H21N3O5. The fourth-order valence-electron chi connectivity index (χ4n) is 2.64. The normalized spacial score (nSPS) is 10.2. The third-order valence-corrected chi connectivity index (χ3v) is 3.96. The SMILES string of the molecule is COc1cc(Nc2cncc(C(=O)NCc3ccco3)c2)cc(OC)c1OC.